The van der Waals surface area contributed by atoms with Gasteiger partial charge < -0.3 is 15.0 Å². The number of carbonyl (C=O) groups excluding carboxylic acids is 2. The molecule has 2 aromatic carbocycles. The van der Waals surface area contributed by atoms with Gasteiger partial charge in [0.25, 0.3) is 5.91 Å². The average molecular weight is 462 g/mol. The molecule has 1 N–H and O–H groups in total. The maximum atomic E-state index is 12.8. The van der Waals surface area contributed by atoms with Crippen LogP contribution in [0.15, 0.2) is 42.5 Å². The smallest absolute Gasteiger partial charge is 0.255 e. The Balaban J connectivity index is 1.18. The molecule has 3 fully saturated rings. The summed E-state index contributed by atoms with van der Waals surface area (Å²) in [5, 5.41) is 3.06. The fraction of sp³-hybridized carbons (Fsp3) is 0.500. The van der Waals surface area contributed by atoms with Crippen molar-refractivity contribution in [2.75, 3.05) is 49.5 Å². The summed E-state index contributed by atoms with van der Waals surface area (Å²) >= 11 is 0. The molecule has 0 aromatic heterocycles. The van der Waals surface area contributed by atoms with Gasteiger partial charge in [-0.25, -0.2) is 0 Å². The lowest BCUT2D eigenvalue weighted by atomic mass is 9.86. The largest absolute Gasteiger partial charge is 0.493 e. The minimum absolute atomic E-state index is 0.110. The lowest BCUT2D eigenvalue weighted by Crippen LogP contribution is -2.32. The van der Waals surface area contributed by atoms with E-state index in [1.54, 1.807) is 6.92 Å². The molecule has 6 heteroatoms. The van der Waals surface area contributed by atoms with Crippen LogP contribution in [0.3, 0.4) is 0 Å². The lowest BCUT2D eigenvalue weighted by Gasteiger charge is -2.26. The molecule has 6 nitrogen and oxygen atoms in total. The van der Waals surface area contributed by atoms with Crippen LogP contribution in [0, 0.1) is 18.3 Å². The zero-order valence-electron chi connectivity index (χ0n) is 20.3. The van der Waals surface area contributed by atoms with Crippen LogP contribution in [0.5, 0.6) is 5.75 Å². The molecule has 2 heterocycles. The Morgan fingerprint density at radius 3 is 2.53 bits per heavy atom. The second kappa shape index (κ2) is 9.41. The first-order chi connectivity index (χ1) is 16.4. The number of ketones is 1. The van der Waals surface area contributed by atoms with Crippen LogP contribution in [0.4, 0.5) is 11.4 Å². The predicted molar refractivity (Wildman–Crippen MR) is 135 cm³/mol. The fourth-order valence-electron chi connectivity index (χ4n) is 5.35. The van der Waals surface area contributed by atoms with Crippen molar-refractivity contribution in [1.82, 2.24) is 4.90 Å². The molecule has 2 aromatic rings. The van der Waals surface area contributed by atoms with Crippen LogP contribution in [0.25, 0.3) is 0 Å². The standard InChI is InChI=1S/C28H35N3O3/c1-20-15-24(31-14-12-28(19-31)11-13-30(18-28)16-21(2)32)7-10-26(20)29-27(33)23-5-8-25(9-6-23)34-17-22-3-4-22/h5-10,15,22H,3-4,11-14,16-19H2,1-2H3,(H,29,33). The van der Waals surface area contributed by atoms with Crippen molar-refractivity contribution in [2.45, 2.75) is 39.5 Å². The zero-order valence-corrected chi connectivity index (χ0v) is 20.3. The molecule has 1 spiro atoms. The van der Waals surface area contributed by atoms with Crippen molar-refractivity contribution >= 4 is 23.1 Å². The van der Waals surface area contributed by atoms with Gasteiger partial charge in [0.05, 0.1) is 13.2 Å². The fourth-order valence-corrected chi connectivity index (χ4v) is 5.35. The number of benzene rings is 2. The summed E-state index contributed by atoms with van der Waals surface area (Å²) < 4.78 is 5.77. The van der Waals surface area contributed by atoms with E-state index < -0.39 is 0 Å². The molecule has 180 valence electrons. The minimum Gasteiger partial charge on any atom is -0.493 e. The van der Waals surface area contributed by atoms with Crippen molar-refractivity contribution in [2.24, 2.45) is 11.3 Å². The molecular weight excluding hydrogens is 426 g/mol. The van der Waals surface area contributed by atoms with Crippen LogP contribution < -0.4 is 15.0 Å². The van der Waals surface area contributed by atoms with Gasteiger partial charge in [0.15, 0.2) is 0 Å². The van der Waals surface area contributed by atoms with E-state index in [9.17, 15) is 9.59 Å². The third-order valence-corrected chi connectivity index (χ3v) is 7.52. The monoisotopic (exact) mass is 461 g/mol. The molecule has 2 saturated heterocycles. The highest BCUT2D eigenvalue weighted by molar-refractivity contribution is 6.04. The molecule has 3 aliphatic rings. The number of hydrogen-bond acceptors (Lipinski definition) is 5. The number of rotatable bonds is 8. The maximum absolute atomic E-state index is 12.8. The van der Waals surface area contributed by atoms with Crippen LogP contribution in [-0.4, -0.2) is 55.9 Å². The third kappa shape index (κ3) is 5.27. The van der Waals surface area contributed by atoms with Crippen molar-refractivity contribution in [3.05, 3.63) is 53.6 Å². The second-order valence-corrected chi connectivity index (χ2v) is 10.6. The van der Waals surface area contributed by atoms with Crippen LogP contribution in [0.2, 0.25) is 0 Å². The molecule has 1 atom stereocenters. The number of carbonyl (C=O) groups is 2. The molecule has 5 rings (SSSR count). The first kappa shape index (κ1) is 22.9. The number of hydrogen-bond donors (Lipinski definition) is 1. The van der Waals surface area contributed by atoms with E-state index in [1.807, 2.05) is 37.3 Å². The van der Waals surface area contributed by atoms with Gasteiger partial charge in [0.2, 0.25) is 0 Å². The Morgan fingerprint density at radius 1 is 1.06 bits per heavy atom. The Hall–Kier alpha value is -2.86. The van der Waals surface area contributed by atoms with Crippen molar-refractivity contribution < 1.29 is 14.3 Å². The number of aryl methyl sites for hydroxylation is 1. The Kier molecular flexibility index (Phi) is 6.34. The molecule has 1 amide bonds. The Morgan fingerprint density at radius 2 is 1.82 bits per heavy atom. The molecule has 1 aliphatic carbocycles. The highest BCUT2D eigenvalue weighted by Gasteiger charge is 2.43. The topological polar surface area (TPSA) is 61.9 Å². The lowest BCUT2D eigenvalue weighted by molar-refractivity contribution is -0.117. The summed E-state index contributed by atoms with van der Waals surface area (Å²) in [5.74, 6) is 1.66. The van der Waals surface area contributed by atoms with E-state index in [-0.39, 0.29) is 11.7 Å². The van der Waals surface area contributed by atoms with Gasteiger partial charge >= 0.3 is 0 Å². The Bertz CT molecular complexity index is 1060. The van der Waals surface area contributed by atoms with Gasteiger partial charge in [-0.05, 0) is 100 Å². The van der Waals surface area contributed by atoms with Gasteiger partial charge in [0.1, 0.15) is 11.5 Å². The number of nitrogens with one attached hydrogen (secondary N) is 1. The highest BCUT2D eigenvalue weighted by atomic mass is 16.5. The number of nitrogens with zero attached hydrogens (tertiary/aromatic N) is 2. The summed E-state index contributed by atoms with van der Waals surface area (Å²) in [4.78, 5) is 29.0. The van der Waals surface area contributed by atoms with E-state index in [0.29, 0.717) is 23.4 Å². The molecular formula is C28H35N3O3. The molecule has 1 unspecified atom stereocenters. The van der Waals surface area contributed by atoms with Gasteiger partial charge in [-0.3, -0.25) is 14.5 Å². The number of amides is 1. The van der Waals surface area contributed by atoms with Gasteiger partial charge in [-0.1, -0.05) is 0 Å². The SMILES string of the molecule is CC(=O)CN1CCC2(CCN(c3ccc(NC(=O)c4ccc(OCC5CC5)cc4)c(C)c3)C2)C1. The average Bonchev–Trinajstić information content (AvgIpc) is 3.44. The first-order valence-corrected chi connectivity index (χ1v) is 12.5. The number of ether oxygens (including phenoxy) is 1. The first-order valence-electron chi connectivity index (χ1n) is 12.5. The minimum atomic E-state index is -0.110. The summed E-state index contributed by atoms with van der Waals surface area (Å²) in [7, 11) is 0. The van der Waals surface area contributed by atoms with Crippen molar-refractivity contribution in [1.29, 1.82) is 0 Å². The molecule has 34 heavy (non-hydrogen) atoms. The highest BCUT2D eigenvalue weighted by Crippen LogP contribution is 2.41. The summed E-state index contributed by atoms with van der Waals surface area (Å²) in [6, 6.07) is 13.7. The van der Waals surface area contributed by atoms with E-state index in [1.165, 1.54) is 24.9 Å². The van der Waals surface area contributed by atoms with Crippen LogP contribution >= 0.6 is 0 Å². The molecule has 0 radical (unpaired) electrons. The summed E-state index contributed by atoms with van der Waals surface area (Å²) in [5.41, 5.74) is 4.02. The number of likely N-dealkylation sites (tertiary alicyclic amines) is 1. The van der Waals surface area contributed by atoms with Crippen molar-refractivity contribution in [3.8, 4) is 5.75 Å². The number of Topliss-reactive ketones (excluding diaryl/α,β-unsaturated/α-hetero) is 1. The predicted octanol–water partition coefficient (Wildman–Crippen LogP) is 4.53. The molecule has 1 saturated carbocycles. The zero-order chi connectivity index (χ0) is 23.7. The van der Waals surface area contributed by atoms with Gasteiger partial charge in [-0.2, -0.15) is 0 Å². The normalized spacial score (nSPS) is 22.4. The van der Waals surface area contributed by atoms with E-state index in [4.69, 9.17) is 4.74 Å². The maximum Gasteiger partial charge on any atom is 0.255 e. The van der Waals surface area contributed by atoms with Crippen molar-refractivity contribution in [3.63, 3.8) is 0 Å². The Labute approximate surface area is 202 Å². The number of anilines is 2. The summed E-state index contributed by atoms with van der Waals surface area (Å²) in [6.07, 6.45) is 4.85. The second-order valence-electron chi connectivity index (χ2n) is 10.6. The van der Waals surface area contributed by atoms with Gasteiger partial charge in [0, 0.05) is 42.0 Å². The molecule has 2 aliphatic heterocycles. The van der Waals surface area contributed by atoms with Crippen LogP contribution in [0.1, 0.15) is 48.5 Å². The molecule has 0 bridgehead atoms. The van der Waals surface area contributed by atoms with E-state index >= 15 is 0 Å². The van der Waals surface area contributed by atoms with E-state index in [2.05, 4.69) is 27.2 Å². The summed E-state index contributed by atoms with van der Waals surface area (Å²) in [6.45, 7) is 9.16. The quantitative estimate of drug-likeness (QED) is 0.626. The third-order valence-electron chi connectivity index (χ3n) is 7.52. The van der Waals surface area contributed by atoms with Crippen LogP contribution in [-0.2, 0) is 4.79 Å². The van der Waals surface area contributed by atoms with E-state index in [0.717, 1.165) is 56.2 Å². The van der Waals surface area contributed by atoms with Gasteiger partial charge in [-0.15, -0.1) is 0 Å².